The molecule has 8 heteroatoms. The minimum atomic E-state index is 0.0209. The summed E-state index contributed by atoms with van der Waals surface area (Å²) in [6.45, 7) is 7.44. The normalized spacial score (nSPS) is 15.2. The number of aromatic nitrogens is 3. The van der Waals surface area contributed by atoms with Crippen LogP contribution in [0, 0.1) is 0 Å². The number of nitrogens with zero attached hydrogens (tertiary/aromatic N) is 5. The number of amides is 1. The van der Waals surface area contributed by atoms with E-state index in [0.717, 1.165) is 43.0 Å². The van der Waals surface area contributed by atoms with Crippen molar-refractivity contribution < 1.29 is 9.90 Å². The Labute approximate surface area is 159 Å². The summed E-state index contributed by atoms with van der Waals surface area (Å²) in [5.41, 5.74) is 2.55. The van der Waals surface area contributed by atoms with Gasteiger partial charge < -0.3 is 15.3 Å². The topological polar surface area (TPSA) is 94.5 Å². The van der Waals surface area contributed by atoms with Crippen molar-refractivity contribution in [3.8, 4) is 11.3 Å². The van der Waals surface area contributed by atoms with Crippen molar-refractivity contribution in [1.82, 2.24) is 25.4 Å². The molecule has 27 heavy (non-hydrogen) atoms. The molecule has 1 saturated heterocycles. The molecule has 144 valence electrons. The van der Waals surface area contributed by atoms with Crippen LogP contribution in [0.3, 0.4) is 0 Å². The van der Waals surface area contributed by atoms with E-state index in [0.29, 0.717) is 12.5 Å². The highest BCUT2D eigenvalue weighted by atomic mass is 16.3. The second-order valence-electron chi connectivity index (χ2n) is 6.98. The molecule has 0 unspecified atom stereocenters. The predicted molar refractivity (Wildman–Crippen MR) is 103 cm³/mol. The van der Waals surface area contributed by atoms with E-state index in [4.69, 9.17) is 5.11 Å². The Bertz CT molecular complexity index is 757. The summed E-state index contributed by atoms with van der Waals surface area (Å²) in [7, 11) is 0. The quantitative estimate of drug-likeness (QED) is 0.772. The molecule has 0 saturated carbocycles. The molecule has 8 nitrogen and oxygen atoms in total. The number of hydrogen-bond acceptors (Lipinski definition) is 7. The number of aliphatic hydroxyl groups excluding tert-OH is 1. The minimum absolute atomic E-state index is 0.0209. The molecule has 1 aliphatic rings. The molecular weight excluding hydrogens is 344 g/mol. The second kappa shape index (κ2) is 8.88. The first kappa shape index (κ1) is 19.2. The van der Waals surface area contributed by atoms with E-state index in [9.17, 15) is 4.79 Å². The van der Waals surface area contributed by atoms with Gasteiger partial charge in [-0.25, -0.2) is 4.98 Å². The predicted octanol–water partition coefficient (Wildman–Crippen LogP) is 0.677. The fourth-order valence-corrected chi connectivity index (χ4v) is 3.02. The average molecular weight is 370 g/mol. The molecule has 2 heterocycles. The fraction of sp³-hybridized carbons (Fsp3) is 0.474. The second-order valence-corrected chi connectivity index (χ2v) is 6.98. The van der Waals surface area contributed by atoms with Crippen LogP contribution in [0.25, 0.3) is 11.3 Å². The number of anilines is 1. The molecule has 0 atom stereocenters. The van der Waals surface area contributed by atoms with Gasteiger partial charge in [0.2, 0.25) is 11.9 Å². The van der Waals surface area contributed by atoms with E-state index >= 15 is 0 Å². The Kier molecular flexibility index (Phi) is 6.31. The fourth-order valence-electron chi connectivity index (χ4n) is 3.02. The molecule has 1 aromatic carbocycles. The summed E-state index contributed by atoms with van der Waals surface area (Å²) in [4.78, 5) is 20.8. The zero-order valence-electron chi connectivity index (χ0n) is 15.8. The van der Waals surface area contributed by atoms with Crippen LogP contribution in [0.15, 0.2) is 30.5 Å². The van der Waals surface area contributed by atoms with Gasteiger partial charge in [-0.3, -0.25) is 9.69 Å². The van der Waals surface area contributed by atoms with Crippen LogP contribution >= 0.6 is 0 Å². The highest BCUT2D eigenvalue weighted by Crippen LogP contribution is 2.19. The first-order valence-corrected chi connectivity index (χ1v) is 9.21. The highest BCUT2D eigenvalue weighted by molar-refractivity contribution is 5.78. The lowest BCUT2D eigenvalue weighted by atomic mass is 10.1. The number of aliphatic hydroxyl groups is 1. The molecule has 0 bridgehead atoms. The third kappa shape index (κ3) is 5.21. The number of piperazine rings is 1. The van der Waals surface area contributed by atoms with E-state index < -0.39 is 0 Å². The summed E-state index contributed by atoms with van der Waals surface area (Å²) in [6, 6.07) is 7.75. The van der Waals surface area contributed by atoms with Crippen molar-refractivity contribution in [2.45, 2.75) is 26.5 Å². The van der Waals surface area contributed by atoms with Crippen LogP contribution in [-0.2, 0) is 11.4 Å². The van der Waals surface area contributed by atoms with Crippen LogP contribution in [0.2, 0.25) is 0 Å². The van der Waals surface area contributed by atoms with E-state index in [1.54, 1.807) is 6.20 Å². The number of carbonyl (C=O) groups excluding carboxylic acids is 1. The zero-order chi connectivity index (χ0) is 19.2. The maximum atomic E-state index is 11.9. The third-order valence-electron chi connectivity index (χ3n) is 4.45. The SMILES string of the molecule is CC(C)NC(=O)CN1CCN(c2nncc(-c3ccc(CO)cc3)n2)CC1. The Morgan fingerprint density at radius 3 is 2.52 bits per heavy atom. The van der Waals surface area contributed by atoms with Crippen LogP contribution in [-0.4, -0.2) is 69.9 Å². The van der Waals surface area contributed by atoms with Crippen LogP contribution in [0.4, 0.5) is 5.95 Å². The molecule has 1 aromatic heterocycles. The van der Waals surface area contributed by atoms with Gasteiger partial charge >= 0.3 is 0 Å². The van der Waals surface area contributed by atoms with Crippen molar-refractivity contribution >= 4 is 11.9 Å². The van der Waals surface area contributed by atoms with Crippen molar-refractivity contribution in [3.05, 3.63) is 36.0 Å². The summed E-state index contributed by atoms with van der Waals surface area (Å²) < 4.78 is 0. The molecule has 0 radical (unpaired) electrons. The van der Waals surface area contributed by atoms with Gasteiger partial charge in [0, 0.05) is 37.8 Å². The summed E-state index contributed by atoms with van der Waals surface area (Å²) in [5, 5.41) is 20.4. The third-order valence-corrected chi connectivity index (χ3v) is 4.45. The zero-order valence-corrected chi connectivity index (χ0v) is 15.8. The molecule has 2 N–H and O–H groups in total. The first-order valence-electron chi connectivity index (χ1n) is 9.21. The van der Waals surface area contributed by atoms with Gasteiger partial charge in [0.25, 0.3) is 0 Å². The van der Waals surface area contributed by atoms with Gasteiger partial charge in [-0.15, -0.1) is 5.10 Å². The van der Waals surface area contributed by atoms with Gasteiger partial charge in [-0.2, -0.15) is 5.10 Å². The maximum absolute atomic E-state index is 11.9. The lowest BCUT2D eigenvalue weighted by Crippen LogP contribution is -2.50. The minimum Gasteiger partial charge on any atom is -0.392 e. The van der Waals surface area contributed by atoms with Crippen LogP contribution < -0.4 is 10.2 Å². The van der Waals surface area contributed by atoms with Crippen molar-refractivity contribution in [3.63, 3.8) is 0 Å². The Hall–Kier alpha value is -2.58. The van der Waals surface area contributed by atoms with Gasteiger partial charge in [-0.1, -0.05) is 24.3 Å². The van der Waals surface area contributed by atoms with Gasteiger partial charge in [0.05, 0.1) is 25.0 Å². The van der Waals surface area contributed by atoms with E-state index in [1.807, 2.05) is 38.1 Å². The number of hydrogen-bond donors (Lipinski definition) is 2. The molecule has 3 rings (SSSR count). The number of carbonyl (C=O) groups is 1. The van der Waals surface area contributed by atoms with Crippen LogP contribution in [0.5, 0.6) is 0 Å². The lowest BCUT2D eigenvalue weighted by Gasteiger charge is -2.34. The molecule has 0 spiro atoms. The Morgan fingerprint density at radius 1 is 1.19 bits per heavy atom. The molecule has 1 aliphatic heterocycles. The largest absolute Gasteiger partial charge is 0.392 e. The number of rotatable bonds is 6. The number of nitrogens with one attached hydrogen (secondary N) is 1. The summed E-state index contributed by atoms with van der Waals surface area (Å²) in [6.07, 6.45) is 1.64. The standard InChI is InChI=1S/C19H26N6O2/c1-14(2)21-18(27)12-24-7-9-25(10-8-24)19-22-17(11-20-23-19)16-5-3-15(13-26)4-6-16/h3-6,11,14,26H,7-10,12-13H2,1-2H3,(H,21,27). The smallest absolute Gasteiger partial charge is 0.245 e. The molecule has 1 fully saturated rings. The molecular formula is C19H26N6O2. The molecule has 0 aliphatic carbocycles. The highest BCUT2D eigenvalue weighted by Gasteiger charge is 2.21. The Morgan fingerprint density at radius 2 is 1.89 bits per heavy atom. The van der Waals surface area contributed by atoms with Crippen molar-refractivity contribution in [2.24, 2.45) is 0 Å². The van der Waals surface area contributed by atoms with Gasteiger partial charge in [0.1, 0.15) is 0 Å². The summed E-state index contributed by atoms with van der Waals surface area (Å²) in [5.74, 6) is 0.662. The summed E-state index contributed by atoms with van der Waals surface area (Å²) >= 11 is 0. The average Bonchev–Trinajstić information content (AvgIpc) is 2.68. The maximum Gasteiger partial charge on any atom is 0.245 e. The number of benzene rings is 1. The van der Waals surface area contributed by atoms with Crippen molar-refractivity contribution in [2.75, 3.05) is 37.6 Å². The molecule has 1 amide bonds. The first-order chi connectivity index (χ1) is 13.0. The van der Waals surface area contributed by atoms with E-state index in [2.05, 4.69) is 30.3 Å². The Balaban J connectivity index is 1.60. The monoisotopic (exact) mass is 370 g/mol. The van der Waals surface area contributed by atoms with Gasteiger partial charge in [0.15, 0.2) is 0 Å². The van der Waals surface area contributed by atoms with E-state index in [-0.39, 0.29) is 18.6 Å². The molecule has 2 aromatic rings. The van der Waals surface area contributed by atoms with E-state index in [1.165, 1.54) is 0 Å². The lowest BCUT2D eigenvalue weighted by molar-refractivity contribution is -0.122. The van der Waals surface area contributed by atoms with Crippen LogP contribution in [0.1, 0.15) is 19.4 Å². The van der Waals surface area contributed by atoms with Crippen molar-refractivity contribution in [1.29, 1.82) is 0 Å². The van der Waals surface area contributed by atoms with Gasteiger partial charge in [-0.05, 0) is 19.4 Å².